The normalized spacial score (nSPS) is 29.4. The van der Waals surface area contributed by atoms with Crippen molar-refractivity contribution in [1.29, 1.82) is 0 Å². The molecule has 1 N–H and O–H groups in total. The molecule has 3 nitrogen and oxygen atoms in total. The van der Waals surface area contributed by atoms with Crippen molar-refractivity contribution in [3.05, 3.63) is 18.0 Å². The van der Waals surface area contributed by atoms with E-state index in [9.17, 15) is 0 Å². The number of aryl methyl sites for hydroxylation is 1. The first-order valence-electron chi connectivity index (χ1n) is 5.52. The molecule has 1 aliphatic heterocycles. The Morgan fingerprint density at radius 1 is 1.50 bits per heavy atom. The fraction of sp³-hybridized carbons (Fsp3) is 0.727. The zero-order valence-electron chi connectivity index (χ0n) is 8.66. The zero-order valence-corrected chi connectivity index (χ0v) is 8.66. The van der Waals surface area contributed by atoms with Crippen molar-refractivity contribution in [2.75, 3.05) is 6.54 Å². The molecule has 3 rings (SSSR count). The molecule has 1 aromatic heterocycles. The molecule has 2 aliphatic rings. The average molecular weight is 191 g/mol. The van der Waals surface area contributed by atoms with Gasteiger partial charge in [-0.3, -0.25) is 4.68 Å². The molecule has 76 valence electrons. The minimum Gasteiger partial charge on any atom is -0.309 e. The molecule has 1 atom stereocenters. The Morgan fingerprint density at radius 2 is 2.29 bits per heavy atom. The first kappa shape index (κ1) is 8.48. The molecule has 14 heavy (non-hydrogen) atoms. The molecule has 1 aliphatic carbocycles. The van der Waals surface area contributed by atoms with Crippen molar-refractivity contribution in [2.24, 2.45) is 12.5 Å². The van der Waals surface area contributed by atoms with Gasteiger partial charge in [0.15, 0.2) is 0 Å². The summed E-state index contributed by atoms with van der Waals surface area (Å²) >= 11 is 0. The van der Waals surface area contributed by atoms with Crippen molar-refractivity contribution in [2.45, 2.75) is 31.7 Å². The van der Waals surface area contributed by atoms with Crippen LogP contribution in [0.1, 0.15) is 37.3 Å². The fourth-order valence-electron chi connectivity index (χ4n) is 3.10. The number of nitrogens with one attached hydrogen (secondary N) is 1. The van der Waals surface area contributed by atoms with Crippen LogP contribution in [0.2, 0.25) is 0 Å². The van der Waals surface area contributed by atoms with Crippen LogP contribution in [-0.4, -0.2) is 16.3 Å². The molecule has 1 spiro atoms. The van der Waals surface area contributed by atoms with Gasteiger partial charge in [0.05, 0.1) is 6.20 Å². The minimum atomic E-state index is 0.582. The monoisotopic (exact) mass is 191 g/mol. The third kappa shape index (κ3) is 1.05. The molecule has 0 radical (unpaired) electrons. The van der Waals surface area contributed by atoms with E-state index in [1.807, 2.05) is 17.9 Å². The van der Waals surface area contributed by atoms with Crippen molar-refractivity contribution < 1.29 is 0 Å². The molecule has 1 saturated heterocycles. The Kier molecular flexibility index (Phi) is 1.71. The first-order chi connectivity index (χ1) is 6.80. The summed E-state index contributed by atoms with van der Waals surface area (Å²) in [7, 11) is 1.99. The van der Waals surface area contributed by atoms with Crippen LogP contribution in [0, 0.1) is 5.41 Å². The Labute approximate surface area is 84.5 Å². The third-order valence-corrected chi connectivity index (χ3v) is 3.93. The zero-order chi connectivity index (χ0) is 9.60. The summed E-state index contributed by atoms with van der Waals surface area (Å²) in [5.74, 6) is 0. The summed E-state index contributed by atoms with van der Waals surface area (Å²) in [5, 5.41) is 7.81. The van der Waals surface area contributed by atoms with Crippen LogP contribution < -0.4 is 5.32 Å². The number of hydrogen-bond donors (Lipinski definition) is 1. The smallest absolute Gasteiger partial charge is 0.0537 e. The molecule has 0 amide bonds. The highest BCUT2D eigenvalue weighted by molar-refractivity contribution is 5.21. The van der Waals surface area contributed by atoms with E-state index in [1.165, 1.54) is 37.8 Å². The van der Waals surface area contributed by atoms with Gasteiger partial charge >= 0.3 is 0 Å². The summed E-state index contributed by atoms with van der Waals surface area (Å²) in [6.45, 7) is 1.21. The van der Waals surface area contributed by atoms with Gasteiger partial charge in [-0.15, -0.1) is 0 Å². The second kappa shape index (κ2) is 2.83. The van der Waals surface area contributed by atoms with Gasteiger partial charge in [-0.25, -0.2) is 0 Å². The van der Waals surface area contributed by atoms with Crippen LogP contribution in [0.3, 0.4) is 0 Å². The Morgan fingerprint density at radius 3 is 2.79 bits per heavy atom. The second-order valence-corrected chi connectivity index (χ2v) is 4.83. The highest BCUT2D eigenvalue weighted by Crippen LogP contribution is 2.52. The lowest BCUT2D eigenvalue weighted by atomic mass is 9.70. The maximum absolute atomic E-state index is 4.25. The maximum Gasteiger partial charge on any atom is 0.0537 e. The quantitative estimate of drug-likeness (QED) is 0.731. The molecule has 3 heteroatoms. The van der Waals surface area contributed by atoms with E-state index in [-0.39, 0.29) is 0 Å². The lowest BCUT2D eigenvalue weighted by molar-refractivity contribution is 0.0894. The molecule has 0 bridgehead atoms. The van der Waals surface area contributed by atoms with Gasteiger partial charge in [0.1, 0.15) is 0 Å². The largest absolute Gasteiger partial charge is 0.309 e. The van der Waals surface area contributed by atoms with Crippen molar-refractivity contribution in [1.82, 2.24) is 15.1 Å². The van der Waals surface area contributed by atoms with Crippen molar-refractivity contribution in [3.63, 3.8) is 0 Å². The molecule has 2 heterocycles. The number of nitrogens with zero attached hydrogens (tertiary/aromatic N) is 2. The highest BCUT2D eigenvalue weighted by atomic mass is 15.2. The van der Waals surface area contributed by atoms with E-state index >= 15 is 0 Å². The van der Waals surface area contributed by atoms with Crippen LogP contribution in [0.5, 0.6) is 0 Å². The van der Waals surface area contributed by atoms with Crippen molar-refractivity contribution >= 4 is 0 Å². The standard InChI is InChI=1S/C11H17N3/c1-14-7-9(6-13-14)10-11(8-12-10)4-2-3-5-11/h6-7,10,12H,2-5,8H2,1H3/t10-/m1/s1. The fourth-order valence-corrected chi connectivity index (χ4v) is 3.10. The van der Waals surface area contributed by atoms with Crippen LogP contribution in [-0.2, 0) is 7.05 Å². The molecule has 0 aromatic carbocycles. The Balaban J connectivity index is 1.86. The third-order valence-electron chi connectivity index (χ3n) is 3.93. The molecule has 1 saturated carbocycles. The van der Waals surface area contributed by atoms with Crippen LogP contribution in [0.25, 0.3) is 0 Å². The number of rotatable bonds is 1. The molecule has 1 aromatic rings. The summed E-state index contributed by atoms with van der Waals surface area (Å²) in [6, 6.07) is 0.582. The second-order valence-electron chi connectivity index (χ2n) is 4.83. The molecule has 2 fully saturated rings. The molecular formula is C11H17N3. The Hall–Kier alpha value is -0.830. The predicted octanol–water partition coefficient (Wildman–Crippen LogP) is 1.62. The van der Waals surface area contributed by atoms with Gasteiger partial charge in [0.25, 0.3) is 0 Å². The number of aromatic nitrogens is 2. The first-order valence-corrected chi connectivity index (χ1v) is 5.52. The van der Waals surface area contributed by atoms with E-state index in [1.54, 1.807) is 0 Å². The average Bonchev–Trinajstić information content (AvgIpc) is 2.73. The molecular weight excluding hydrogens is 174 g/mol. The SMILES string of the molecule is Cn1cc([C@H]2NCC23CCCC3)cn1. The summed E-state index contributed by atoms with van der Waals surface area (Å²) in [6.07, 6.45) is 9.80. The summed E-state index contributed by atoms with van der Waals surface area (Å²) < 4.78 is 1.90. The topological polar surface area (TPSA) is 29.9 Å². The van der Waals surface area contributed by atoms with E-state index in [2.05, 4.69) is 16.6 Å². The predicted molar refractivity (Wildman–Crippen MR) is 54.9 cm³/mol. The van der Waals surface area contributed by atoms with E-state index < -0.39 is 0 Å². The van der Waals surface area contributed by atoms with Gasteiger partial charge in [-0.05, 0) is 12.8 Å². The molecule has 0 unspecified atom stereocenters. The van der Waals surface area contributed by atoms with E-state index in [0.29, 0.717) is 11.5 Å². The lowest BCUT2D eigenvalue weighted by Crippen LogP contribution is -2.54. The van der Waals surface area contributed by atoms with Gasteiger partial charge in [-0.1, -0.05) is 12.8 Å². The van der Waals surface area contributed by atoms with Crippen LogP contribution >= 0.6 is 0 Å². The Bertz CT molecular complexity index is 336. The van der Waals surface area contributed by atoms with Gasteiger partial charge in [0, 0.05) is 36.8 Å². The number of hydrogen-bond acceptors (Lipinski definition) is 2. The summed E-state index contributed by atoms with van der Waals surface area (Å²) in [5.41, 5.74) is 1.96. The minimum absolute atomic E-state index is 0.582. The van der Waals surface area contributed by atoms with Gasteiger partial charge in [0.2, 0.25) is 0 Å². The van der Waals surface area contributed by atoms with Crippen LogP contribution in [0.15, 0.2) is 12.4 Å². The highest BCUT2D eigenvalue weighted by Gasteiger charge is 2.48. The van der Waals surface area contributed by atoms with Gasteiger partial charge in [-0.2, -0.15) is 5.10 Å². The lowest BCUT2D eigenvalue weighted by Gasteiger charge is -2.48. The van der Waals surface area contributed by atoms with Gasteiger partial charge < -0.3 is 5.32 Å². The van der Waals surface area contributed by atoms with Crippen molar-refractivity contribution in [3.8, 4) is 0 Å². The van der Waals surface area contributed by atoms with E-state index in [4.69, 9.17) is 0 Å². The summed E-state index contributed by atoms with van der Waals surface area (Å²) in [4.78, 5) is 0. The van der Waals surface area contributed by atoms with Crippen LogP contribution in [0.4, 0.5) is 0 Å². The van der Waals surface area contributed by atoms with E-state index in [0.717, 1.165) is 0 Å². The maximum atomic E-state index is 4.25.